The molecule has 0 radical (unpaired) electrons. The number of carboxylic acid groups (broad SMARTS) is 1. The van der Waals surface area contributed by atoms with Crippen molar-refractivity contribution in [3.05, 3.63) is 0 Å². The van der Waals surface area contributed by atoms with Crippen molar-refractivity contribution in [2.45, 2.75) is 19.4 Å². The first kappa shape index (κ1) is 13.7. The quantitative estimate of drug-likeness (QED) is 0.771. The number of amides is 1. The van der Waals surface area contributed by atoms with Crippen LogP contribution in [0.3, 0.4) is 0 Å². The van der Waals surface area contributed by atoms with E-state index in [9.17, 15) is 9.59 Å². The van der Waals surface area contributed by atoms with Crippen LogP contribution in [-0.4, -0.2) is 59.1 Å². The van der Waals surface area contributed by atoms with E-state index in [1.165, 1.54) is 0 Å². The van der Waals surface area contributed by atoms with E-state index in [0.717, 1.165) is 24.6 Å². The van der Waals surface area contributed by atoms with Gasteiger partial charge in [-0.25, -0.2) is 0 Å². The largest absolute Gasteiger partial charge is 0.481 e. The molecule has 3 atom stereocenters. The van der Waals surface area contributed by atoms with Crippen molar-refractivity contribution in [1.29, 1.82) is 0 Å². The van der Waals surface area contributed by atoms with Crippen LogP contribution in [-0.2, 0) is 9.59 Å². The Hall–Kier alpha value is -0.750. The average molecular weight is 272 g/mol. The summed E-state index contributed by atoms with van der Waals surface area (Å²) in [6.45, 7) is 4.37. The van der Waals surface area contributed by atoms with E-state index in [4.69, 9.17) is 5.11 Å². The fraction of sp³-hybridized carbons (Fsp3) is 0.833. The summed E-state index contributed by atoms with van der Waals surface area (Å²) in [5.74, 6) is 1.34. The van der Waals surface area contributed by atoms with E-state index < -0.39 is 5.97 Å². The van der Waals surface area contributed by atoms with Crippen LogP contribution in [0.5, 0.6) is 0 Å². The van der Waals surface area contributed by atoms with Crippen LogP contribution < -0.4 is 5.32 Å². The highest BCUT2D eigenvalue weighted by Gasteiger charge is 2.37. The molecule has 2 saturated heterocycles. The Morgan fingerprint density at radius 3 is 2.83 bits per heavy atom. The molecule has 0 bridgehead atoms. The maximum Gasteiger partial charge on any atom is 0.305 e. The van der Waals surface area contributed by atoms with Crippen LogP contribution in [0.25, 0.3) is 0 Å². The van der Waals surface area contributed by atoms with Crippen molar-refractivity contribution in [2.24, 2.45) is 11.8 Å². The first-order chi connectivity index (χ1) is 8.59. The maximum absolute atomic E-state index is 12.5. The van der Waals surface area contributed by atoms with Crippen LogP contribution in [0.4, 0.5) is 0 Å². The molecule has 2 heterocycles. The van der Waals surface area contributed by atoms with Crippen LogP contribution >= 0.6 is 11.8 Å². The second-order valence-electron chi connectivity index (χ2n) is 5.10. The highest BCUT2D eigenvalue weighted by Crippen LogP contribution is 2.25. The Bertz CT molecular complexity index is 337. The topological polar surface area (TPSA) is 69.6 Å². The molecule has 1 amide bonds. The van der Waals surface area contributed by atoms with Gasteiger partial charge in [-0.15, -0.1) is 0 Å². The summed E-state index contributed by atoms with van der Waals surface area (Å²) < 4.78 is 0. The number of hydrogen-bond donors (Lipinski definition) is 2. The lowest BCUT2D eigenvalue weighted by Crippen LogP contribution is -2.50. The van der Waals surface area contributed by atoms with Gasteiger partial charge in [-0.05, 0) is 12.5 Å². The minimum atomic E-state index is -0.821. The first-order valence-corrected chi connectivity index (χ1v) is 7.55. The van der Waals surface area contributed by atoms with Gasteiger partial charge in [-0.1, -0.05) is 6.92 Å². The molecule has 2 N–H and O–H groups in total. The van der Waals surface area contributed by atoms with Crippen molar-refractivity contribution in [3.8, 4) is 0 Å². The van der Waals surface area contributed by atoms with Crippen molar-refractivity contribution >= 4 is 23.6 Å². The summed E-state index contributed by atoms with van der Waals surface area (Å²) in [6, 6.07) is -0.137. The number of rotatable bonds is 3. The fourth-order valence-corrected chi connectivity index (χ4v) is 3.73. The normalized spacial score (nSPS) is 32.5. The van der Waals surface area contributed by atoms with E-state index >= 15 is 0 Å². The fourth-order valence-electron chi connectivity index (χ4n) is 2.67. The molecule has 0 saturated carbocycles. The third kappa shape index (κ3) is 2.98. The molecule has 0 aromatic rings. The van der Waals surface area contributed by atoms with E-state index in [2.05, 4.69) is 12.2 Å². The number of carbonyl (C=O) groups excluding carboxylic acids is 1. The Labute approximate surface area is 111 Å². The molecular weight excluding hydrogens is 252 g/mol. The monoisotopic (exact) mass is 272 g/mol. The van der Waals surface area contributed by atoms with Gasteiger partial charge in [0.15, 0.2) is 0 Å². The maximum atomic E-state index is 12.5. The molecule has 0 aliphatic carbocycles. The van der Waals surface area contributed by atoms with Crippen molar-refractivity contribution in [1.82, 2.24) is 10.2 Å². The third-order valence-electron chi connectivity index (χ3n) is 3.76. The summed E-state index contributed by atoms with van der Waals surface area (Å²) in [5.41, 5.74) is 0. The number of thioether (sulfide) groups is 1. The molecule has 2 rings (SSSR count). The molecule has 0 spiro atoms. The van der Waals surface area contributed by atoms with Crippen molar-refractivity contribution in [3.63, 3.8) is 0 Å². The van der Waals surface area contributed by atoms with Gasteiger partial charge in [-0.3, -0.25) is 9.59 Å². The number of carbonyl (C=O) groups is 2. The lowest BCUT2D eigenvalue weighted by atomic mass is 9.95. The molecule has 6 heteroatoms. The van der Waals surface area contributed by atoms with E-state index in [-0.39, 0.29) is 24.3 Å². The van der Waals surface area contributed by atoms with Gasteiger partial charge in [-0.2, -0.15) is 11.8 Å². The molecule has 2 fully saturated rings. The molecule has 18 heavy (non-hydrogen) atoms. The zero-order chi connectivity index (χ0) is 13.1. The summed E-state index contributed by atoms with van der Waals surface area (Å²) in [5, 5.41) is 12.2. The van der Waals surface area contributed by atoms with Gasteiger partial charge in [0.25, 0.3) is 0 Å². The SMILES string of the molecule is CC1CNCC1C(=O)N1CCSCC1CC(=O)O. The Balaban J connectivity index is 2.03. The molecule has 0 aromatic carbocycles. The zero-order valence-corrected chi connectivity index (χ0v) is 11.4. The number of aliphatic carboxylic acids is 1. The van der Waals surface area contributed by atoms with Crippen molar-refractivity contribution < 1.29 is 14.7 Å². The summed E-state index contributed by atoms with van der Waals surface area (Å²) in [6.07, 6.45) is 0.0628. The van der Waals surface area contributed by atoms with Gasteiger partial charge in [0, 0.05) is 24.6 Å². The smallest absolute Gasteiger partial charge is 0.305 e. The first-order valence-electron chi connectivity index (χ1n) is 6.40. The van der Waals surface area contributed by atoms with Crippen molar-refractivity contribution in [2.75, 3.05) is 31.1 Å². The molecule has 3 unspecified atom stereocenters. The Morgan fingerprint density at radius 2 is 2.22 bits per heavy atom. The zero-order valence-electron chi connectivity index (χ0n) is 10.6. The van der Waals surface area contributed by atoms with Crippen LogP contribution in [0.1, 0.15) is 13.3 Å². The lowest BCUT2D eigenvalue weighted by molar-refractivity contribution is -0.142. The Kier molecular flexibility index (Phi) is 4.50. The van der Waals surface area contributed by atoms with Gasteiger partial charge in [0.1, 0.15) is 0 Å². The van der Waals surface area contributed by atoms with Gasteiger partial charge in [0.2, 0.25) is 5.91 Å². The number of nitrogens with one attached hydrogen (secondary N) is 1. The minimum Gasteiger partial charge on any atom is -0.481 e. The van der Waals surface area contributed by atoms with Crippen LogP contribution in [0.15, 0.2) is 0 Å². The molecular formula is C12H20N2O3S. The number of carboxylic acids is 1. The third-order valence-corrected chi connectivity index (χ3v) is 4.85. The standard InChI is InChI=1S/C12H20N2O3S/c1-8-5-13-6-10(8)12(17)14-2-3-18-7-9(14)4-11(15)16/h8-10,13H,2-7H2,1H3,(H,15,16). The Morgan fingerprint density at radius 1 is 1.44 bits per heavy atom. The highest BCUT2D eigenvalue weighted by molar-refractivity contribution is 7.99. The number of hydrogen-bond acceptors (Lipinski definition) is 4. The molecule has 5 nitrogen and oxygen atoms in total. The van der Waals surface area contributed by atoms with E-state index in [1.807, 2.05) is 0 Å². The van der Waals surface area contributed by atoms with Crippen LogP contribution in [0, 0.1) is 11.8 Å². The molecule has 0 aromatic heterocycles. The second-order valence-corrected chi connectivity index (χ2v) is 6.25. The van der Waals surface area contributed by atoms with Gasteiger partial charge >= 0.3 is 5.97 Å². The number of nitrogens with zero attached hydrogens (tertiary/aromatic N) is 1. The van der Waals surface area contributed by atoms with Gasteiger partial charge < -0.3 is 15.3 Å². The van der Waals surface area contributed by atoms with E-state index in [0.29, 0.717) is 12.5 Å². The van der Waals surface area contributed by atoms with Crippen LogP contribution in [0.2, 0.25) is 0 Å². The van der Waals surface area contributed by atoms with E-state index in [1.54, 1.807) is 16.7 Å². The minimum absolute atomic E-state index is 0.0180. The summed E-state index contributed by atoms with van der Waals surface area (Å²) in [7, 11) is 0. The molecule has 2 aliphatic heterocycles. The lowest BCUT2D eigenvalue weighted by Gasteiger charge is -2.36. The predicted molar refractivity (Wildman–Crippen MR) is 70.6 cm³/mol. The average Bonchev–Trinajstić information content (AvgIpc) is 2.74. The van der Waals surface area contributed by atoms with Gasteiger partial charge in [0.05, 0.1) is 18.4 Å². The summed E-state index contributed by atoms with van der Waals surface area (Å²) in [4.78, 5) is 25.2. The summed E-state index contributed by atoms with van der Waals surface area (Å²) >= 11 is 1.74. The highest BCUT2D eigenvalue weighted by atomic mass is 32.2. The second kappa shape index (κ2) is 5.93. The predicted octanol–water partition coefficient (Wildman–Crippen LogP) is 0.261. The molecule has 2 aliphatic rings. The molecule has 102 valence electrons.